The van der Waals surface area contributed by atoms with E-state index in [4.69, 9.17) is 4.74 Å². The fourth-order valence-electron chi connectivity index (χ4n) is 1.91. The van der Waals surface area contributed by atoms with Gasteiger partial charge in [-0.15, -0.1) is 24.0 Å². The minimum atomic E-state index is -0.0341. The van der Waals surface area contributed by atoms with E-state index in [1.807, 2.05) is 32.0 Å². The number of carbonyl (C=O) groups excluding carboxylic acids is 1. The highest BCUT2D eigenvalue weighted by molar-refractivity contribution is 14.0. The topological polar surface area (TPSA) is 74.8 Å². The highest BCUT2D eigenvalue weighted by Gasteiger charge is 2.03. The molecule has 0 saturated heterocycles. The van der Waals surface area contributed by atoms with Crippen LogP contribution in [0.25, 0.3) is 0 Å². The van der Waals surface area contributed by atoms with Crippen molar-refractivity contribution in [2.75, 3.05) is 26.7 Å². The number of hydrogen-bond acceptors (Lipinski definition) is 3. The van der Waals surface area contributed by atoms with Gasteiger partial charge in [-0.1, -0.05) is 12.1 Å². The zero-order valence-electron chi connectivity index (χ0n) is 14.2. The van der Waals surface area contributed by atoms with Crippen LogP contribution in [0.4, 0.5) is 0 Å². The predicted molar refractivity (Wildman–Crippen MR) is 105 cm³/mol. The number of nitrogens with zero attached hydrogens (tertiary/aromatic N) is 1. The molecule has 0 spiro atoms. The van der Waals surface area contributed by atoms with Crippen molar-refractivity contribution in [2.24, 2.45) is 4.99 Å². The molecule has 1 aromatic rings. The molecule has 1 rings (SSSR count). The van der Waals surface area contributed by atoms with Gasteiger partial charge in [-0.2, -0.15) is 0 Å². The van der Waals surface area contributed by atoms with E-state index in [1.54, 1.807) is 7.11 Å². The predicted octanol–water partition coefficient (Wildman–Crippen LogP) is 1.81. The molecule has 0 fully saturated rings. The normalized spacial score (nSPS) is 10.5. The van der Waals surface area contributed by atoms with E-state index in [0.717, 1.165) is 29.4 Å². The summed E-state index contributed by atoms with van der Waals surface area (Å²) >= 11 is 0. The summed E-state index contributed by atoms with van der Waals surface area (Å²) in [5.41, 5.74) is 2.19. The largest absolute Gasteiger partial charge is 0.496 e. The Labute approximate surface area is 155 Å². The van der Waals surface area contributed by atoms with Crippen LogP contribution in [-0.2, 0) is 11.3 Å². The molecular weight excluding hydrogens is 407 g/mol. The number of benzene rings is 1. The van der Waals surface area contributed by atoms with Gasteiger partial charge in [0.2, 0.25) is 5.91 Å². The van der Waals surface area contributed by atoms with E-state index in [-0.39, 0.29) is 29.9 Å². The summed E-state index contributed by atoms with van der Waals surface area (Å²) in [7, 11) is 1.67. The Kier molecular flexibility index (Phi) is 11.2. The number of halogens is 1. The van der Waals surface area contributed by atoms with Gasteiger partial charge >= 0.3 is 0 Å². The lowest BCUT2D eigenvalue weighted by Crippen LogP contribution is -2.41. The third-order valence-electron chi connectivity index (χ3n) is 2.99. The second-order valence-corrected chi connectivity index (χ2v) is 4.92. The van der Waals surface area contributed by atoms with Crippen molar-refractivity contribution in [1.82, 2.24) is 16.0 Å². The van der Waals surface area contributed by atoms with Crippen LogP contribution in [0.15, 0.2) is 23.2 Å². The Morgan fingerprint density at radius 1 is 1.22 bits per heavy atom. The number of aryl methyl sites for hydroxylation is 1. The molecule has 23 heavy (non-hydrogen) atoms. The first-order valence-corrected chi connectivity index (χ1v) is 7.47. The van der Waals surface area contributed by atoms with Crippen LogP contribution in [0.3, 0.4) is 0 Å². The van der Waals surface area contributed by atoms with Crippen molar-refractivity contribution in [2.45, 2.75) is 27.3 Å². The first-order chi connectivity index (χ1) is 10.6. The van der Waals surface area contributed by atoms with E-state index in [0.29, 0.717) is 19.6 Å². The summed E-state index contributed by atoms with van der Waals surface area (Å²) in [5, 5.41) is 9.09. The van der Waals surface area contributed by atoms with E-state index < -0.39 is 0 Å². The van der Waals surface area contributed by atoms with Gasteiger partial charge in [0.25, 0.3) is 0 Å². The third kappa shape index (κ3) is 8.63. The molecule has 0 atom stereocenters. The van der Waals surface area contributed by atoms with Crippen LogP contribution in [0.1, 0.15) is 25.0 Å². The molecule has 0 unspecified atom stereocenters. The zero-order valence-corrected chi connectivity index (χ0v) is 16.6. The summed E-state index contributed by atoms with van der Waals surface area (Å²) in [6, 6.07) is 6.07. The first-order valence-electron chi connectivity index (χ1n) is 7.47. The minimum absolute atomic E-state index is 0. The lowest BCUT2D eigenvalue weighted by molar-refractivity contribution is -0.118. The highest BCUT2D eigenvalue weighted by Crippen LogP contribution is 2.20. The maximum absolute atomic E-state index is 10.8. The molecule has 0 aromatic heterocycles. The summed E-state index contributed by atoms with van der Waals surface area (Å²) in [6.45, 7) is 8.03. The van der Waals surface area contributed by atoms with Crippen molar-refractivity contribution in [3.8, 4) is 5.75 Å². The number of nitrogens with one attached hydrogen (secondary N) is 3. The molecule has 0 bridgehead atoms. The quantitative estimate of drug-likeness (QED) is 0.265. The van der Waals surface area contributed by atoms with Crippen molar-refractivity contribution in [1.29, 1.82) is 0 Å². The molecule has 0 saturated carbocycles. The second kappa shape index (κ2) is 12.0. The van der Waals surface area contributed by atoms with Crippen LogP contribution in [-0.4, -0.2) is 38.6 Å². The smallest absolute Gasteiger partial charge is 0.216 e. The number of hydrogen-bond donors (Lipinski definition) is 3. The lowest BCUT2D eigenvalue weighted by Gasteiger charge is -2.12. The average molecular weight is 434 g/mol. The fourth-order valence-corrected chi connectivity index (χ4v) is 1.91. The molecule has 1 amide bonds. The maximum atomic E-state index is 10.8. The van der Waals surface area contributed by atoms with Crippen LogP contribution in [0.2, 0.25) is 0 Å². The minimum Gasteiger partial charge on any atom is -0.496 e. The van der Waals surface area contributed by atoms with Crippen LogP contribution >= 0.6 is 24.0 Å². The number of guanidine groups is 1. The van der Waals surface area contributed by atoms with Crippen molar-refractivity contribution in [3.05, 3.63) is 29.3 Å². The summed E-state index contributed by atoms with van der Waals surface area (Å²) < 4.78 is 5.39. The molecule has 0 heterocycles. The Balaban J connectivity index is 0.00000484. The van der Waals surface area contributed by atoms with E-state index in [9.17, 15) is 4.79 Å². The van der Waals surface area contributed by atoms with Crippen LogP contribution in [0, 0.1) is 6.92 Å². The van der Waals surface area contributed by atoms with Gasteiger partial charge in [0.15, 0.2) is 5.96 Å². The van der Waals surface area contributed by atoms with Gasteiger partial charge in [-0.25, -0.2) is 4.99 Å². The Hall–Kier alpha value is -1.51. The van der Waals surface area contributed by atoms with Crippen molar-refractivity contribution >= 4 is 35.8 Å². The number of methoxy groups -OCH3 is 1. The fraction of sp³-hybridized carbons (Fsp3) is 0.500. The summed E-state index contributed by atoms with van der Waals surface area (Å²) in [5.74, 6) is 1.53. The second-order valence-electron chi connectivity index (χ2n) is 4.92. The zero-order chi connectivity index (χ0) is 16.4. The van der Waals surface area contributed by atoms with Gasteiger partial charge in [-0.05, 0) is 25.5 Å². The van der Waals surface area contributed by atoms with E-state index >= 15 is 0 Å². The molecule has 0 aliphatic heterocycles. The Bertz CT molecular complexity index is 521. The molecule has 7 heteroatoms. The maximum Gasteiger partial charge on any atom is 0.216 e. The SMILES string of the molecule is CCNC(=NCc1ccc(C)cc1OC)NCCNC(C)=O.I. The molecule has 130 valence electrons. The number of ether oxygens (including phenoxy) is 1. The van der Waals surface area contributed by atoms with Gasteiger partial charge in [0, 0.05) is 32.1 Å². The Morgan fingerprint density at radius 2 is 1.91 bits per heavy atom. The average Bonchev–Trinajstić information content (AvgIpc) is 2.49. The van der Waals surface area contributed by atoms with Gasteiger partial charge in [0.05, 0.1) is 13.7 Å². The molecule has 0 aliphatic carbocycles. The molecule has 0 aliphatic rings. The number of carbonyl (C=O) groups is 1. The highest BCUT2D eigenvalue weighted by atomic mass is 127. The van der Waals surface area contributed by atoms with Gasteiger partial charge in [-0.3, -0.25) is 4.79 Å². The van der Waals surface area contributed by atoms with Crippen molar-refractivity contribution < 1.29 is 9.53 Å². The standard InChI is InChI=1S/C16H26N4O2.HI/c1-5-17-16(19-9-8-18-13(3)21)20-11-14-7-6-12(2)10-15(14)22-4;/h6-7,10H,5,8-9,11H2,1-4H3,(H,18,21)(H2,17,19,20);1H. The van der Waals surface area contributed by atoms with E-state index in [1.165, 1.54) is 6.92 Å². The molecular formula is C16H27IN4O2. The van der Waals surface area contributed by atoms with Gasteiger partial charge in [0.1, 0.15) is 5.75 Å². The summed E-state index contributed by atoms with van der Waals surface area (Å²) in [4.78, 5) is 15.4. The Morgan fingerprint density at radius 3 is 2.52 bits per heavy atom. The van der Waals surface area contributed by atoms with Crippen molar-refractivity contribution in [3.63, 3.8) is 0 Å². The first kappa shape index (κ1) is 21.5. The van der Waals surface area contributed by atoms with Crippen LogP contribution in [0.5, 0.6) is 5.75 Å². The third-order valence-corrected chi connectivity index (χ3v) is 2.99. The van der Waals surface area contributed by atoms with Gasteiger partial charge < -0.3 is 20.7 Å². The molecule has 1 aromatic carbocycles. The lowest BCUT2D eigenvalue weighted by atomic mass is 10.1. The van der Waals surface area contributed by atoms with Crippen LogP contribution < -0.4 is 20.7 Å². The molecule has 0 radical (unpaired) electrons. The summed E-state index contributed by atoms with van der Waals surface area (Å²) in [6.07, 6.45) is 0. The monoisotopic (exact) mass is 434 g/mol. The number of rotatable bonds is 7. The number of amides is 1. The number of aliphatic imine (C=N–C) groups is 1. The molecule has 3 N–H and O–H groups in total. The van der Waals surface area contributed by atoms with E-state index in [2.05, 4.69) is 20.9 Å². The molecule has 6 nitrogen and oxygen atoms in total.